The molecular formula is C13H17ClN2O2S2. The Labute approximate surface area is 130 Å². The van der Waals surface area contributed by atoms with Gasteiger partial charge in [-0.05, 0) is 30.5 Å². The summed E-state index contributed by atoms with van der Waals surface area (Å²) in [5.41, 5.74) is 6.01. The van der Waals surface area contributed by atoms with E-state index in [-0.39, 0.29) is 14.9 Å². The van der Waals surface area contributed by atoms with E-state index in [1.165, 1.54) is 16.4 Å². The number of hydrogen-bond acceptors (Lipinski definition) is 3. The van der Waals surface area contributed by atoms with Crippen LogP contribution in [0.5, 0.6) is 0 Å². The van der Waals surface area contributed by atoms with E-state index in [1.54, 1.807) is 6.07 Å². The van der Waals surface area contributed by atoms with Gasteiger partial charge in [-0.2, -0.15) is 4.31 Å². The van der Waals surface area contributed by atoms with E-state index < -0.39 is 10.0 Å². The van der Waals surface area contributed by atoms with Crippen molar-refractivity contribution in [2.75, 3.05) is 13.1 Å². The van der Waals surface area contributed by atoms with Crippen molar-refractivity contribution in [1.29, 1.82) is 0 Å². The predicted octanol–water partition coefficient (Wildman–Crippen LogP) is 2.39. The highest BCUT2D eigenvalue weighted by Crippen LogP contribution is 2.28. The molecule has 1 aliphatic rings. The number of rotatable bonds is 4. The van der Waals surface area contributed by atoms with Gasteiger partial charge in [-0.3, -0.25) is 0 Å². The third kappa shape index (κ3) is 2.98. The molecule has 0 amide bonds. The minimum absolute atomic E-state index is 0.158. The molecule has 1 aliphatic heterocycles. The summed E-state index contributed by atoms with van der Waals surface area (Å²) in [5, 5.41) is 0.268. The number of nitrogens with two attached hydrogens (primary N) is 1. The van der Waals surface area contributed by atoms with E-state index in [4.69, 9.17) is 29.6 Å². The maximum Gasteiger partial charge on any atom is 0.243 e. The molecule has 2 N–H and O–H groups in total. The van der Waals surface area contributed by atoms with Crippen molar-refractivity contribution in [3.8, 4) is 0 Å². The second kappa shape index (κ2) is 5.97. The lowest BCUT2D eigenvalue weighted by Crippen LogP contribution is -2.29. The van der Waals surface area contributed by atoms with Gasteiger partial charge in [-0.15, -0.1) is 0 Å². The smallest absolute Gasteiger partial charge is 0.243 e. The van der Waals surface area contributed by atoms with Crippen LogP contribution in [0.25, 0.3) is 0 Å². The number of nitrogens with zero attached hydrogens (tertiary/aromatic N) is 1. The van der Waals surface area contributed by atoms with Crippen LogP contribution < -0.4 is 5.73 Å². The second-order valence-electron chi connectivity index (χ2n) is 4.93. The molecule has 110 valence electrons. The van der Waals surface area contributed by atoms with Gasteiger partial charge in [0.1, 0.15) is 4.99 Å². The molecule has 4 nitrogen and oxygen atoms in total. The Bertz CT molecular complexity index is 631. The fourth-order valence-electron chi connectivity index (χ4n) is 2.35. The summed E-state index contributed by atoms with van der Waals surface area (Å²) in [6.07, 6.45) is 1.90. The Kier molecular flexibility index (Phi) is 4.69. The van der Waals surface area contributed by atoms with E-state index >= 15 is 0 Å². The zero-order chi connectivity index (χ0) is 14.9. The molecule has 1 atom stereocenters. The monoisotopic (exact) mass is 332 g/mol. The molecule has 0 radical (unpaired) electrons. The van der Waals surface area contributed by atoms with Crippen LogP contribution in [0.4, 0.5) is 0 Å². The van der Waals surface area contributed by atoms with Crippen molar-refractivity contribution < 1.29 is 8.42 Å². The summed E-state index contributed by atoms with van der Waals surface area (Å²) < 4.78 is 26.6. The van der Waals surface area contributed by atoms with E-state index in [9.17, 15) is 8.42 Å². The first-order chi connectivity index (χ1) is 9.36. The summed E-state index contributed by atoms with van der Waals surface area (Å²) in [7, 11) is -3.48. The summed E-state index contributed by atoms with van der Waals surface area (Å²) in [6, 6.07) is 4.49. The first kappa shape index (κ1) is 15.7. The normalized spacial score (nSPS) is 20.2. The van der Waals surface area contributed by atoms with Crippen molar-refractivity contribution in [2.45, 2.75) is 24.7 Å². The lowest BCUT2D eigenvalue weighted by Gasteiger charge is -2.17. The third-order valence-corrected chi connectivity index (χ3v) is 6.06. The van der Waals surface area contributed by atoms with E-state index in [2.05, 4.69) is 6.92 Å². The zero-order valence-corrected chi connectivity index (χ0v) is 13.6. The molecule has 1 unspecified atom stereocenters. The molecule has 0 aromatic heterocycles. The molecule has 1 heterocycles. The van der Waals surface area contributed by atoms with Gasteiger partial charge in [-0.25, -0.2) is 8.42 Å². The Morgan fingerprint density at radius 1 is 1.55 bits per heavy atom. The molecule has 7 heteroatoms. The van der Waals surface area contributed by atoms with Gasteiger partial charge in [0, 0.05) is 18.7 Å². The van der Waals surface area contributed by atoms with Gasteiger partial charge in [0.2, 0.25) is 10.0 Å². The maximum absolute atomic E-state index is 12.5. The van der Waals surface area contributed by atoms with Crippen molar-refractivity contribution in [3.63, 3.8) is 0 Å². The average Bonchev–Trinajstić information content (AvgIpc) is 2.87. The standard InChI is InChI=1S/C13H17ClN2O2S2/c1-2-9-5-6-16(8-9)20(17,18)10-3-4-11(13(15)19)12(14)7-10/h3-4,7,9H,2,5-6,8H2,1H3,(H2,15,19). The fraction of sp³-hybridized carbons (Fsp3) is 0.462. The molecule has 20 heavy (non-hydrogen) atoms. The number of sulfonamides is 1. The van der Waals surface area contributed by atoms with Crippen molar-refractivity contribution in [3.05, 3.63) is 28.8 Å². The van der Waals surface area contributed by atoms with Crippen molar-refractivity contribution in [2.24, 2.45) is 11.7 Å². The van der Waals surface area contributed by atoms with E-state index in [1.807, 2.05) is 0 Å². The Morgan fingerprint density at radius 2 is 2.25 bits per heavy atom. The van der Waals surface area contributed by atoms with Crippen LogP contribution in [-0.4, -0.2) is 30.8 Å². The van der Waals surface area contributed by atoms with Gasteiger partial charge in [0.05, 0.1) is 9.92 Å². The molecule has 1 aromatic carbocycles. The number of halogens is 1. The van der Waals surface area contributed by atoms with Crippen LogP contribution >= 0.6 is 23.8 Å². The molecular weight excluding hydrogens is 316 g/mol. The minimum atomic E-state index is -3.48. The highest BCUT2D eigenvalue weighted by Gasteiger charge is 2.32. The number of thiocarbonyl (C=S) groups is 1. The Balaban J connectivity index is 2.31. The van der Waals surface area contributed by atoms with Crippen molar-refractivity contribution >= 4 is 38.8 Å². The van der Waals surface area contributed by atoms with Crippen LogP contribution in [-0.2, 0) is 10.0 Å². The summed E-state index contributed by atoms with van der Waals surface area (Å²) in [6.45, 7) is 3.22. The SMILES string of the molecule is CCC1CCN(S(=O)(=O)c2ccc(C(N)=S)c(Cl)c2)C1. The minimum Gasteiger partial charge on any atom is -0.389 e. The lowest BCUT2D eigenvalue weighted by molar-refractivity contribution is 0.453. The second-order valence-corrected chi connectivity index (χ2v) is 7.72. The summed E-state index contributed by atoms with van der Waals surface area (Å²) >= 11 is 10.9. The van der Waals surface area contributed by atoms with E-state index in [0.29, 0.717) is 24.6 Å². The van der Waals surface area contributed by atoms with Gasteiger partial charge < -0.3 is 5.73 Å². The zero-order valence-electron chi connectivity index (χ0n) is 11.2. The first-order valence-electron chi connectivity index (χ1n) is 6.45. The maximum atomic E-state index is 12.5. The van der Waals surface area contributed by atoms with Crippen LogP contribution in [0.2, 0.25) is 5.02 Å². The van der Waals surface area contributed by atoms with Gasteiger partial charge in [-0.1, -0.05) is 37.2 Å². The predicted molar refractivity (Wildman–Crippen MR) is 84.5 cm³/mol. The molecule has 0 aliphatic carbocycles. The van der Waals surface area contributed by atoms with Crippen LogP contribution in [0.3, 0.4) is 0 Å². The molecule has 1 aromatic rings. The van der Waals surface area contributed by atoms with Crippen molar-refractivity contribution in [1.82, 2.24) is 4.31 Å². The highest BCUT2D eigenvalue weighted by atomic mass is 35.5. The molecule has 2 rings (SSSR count). The molecule has 1 fully saturated rings. The topological polar surface area (TPSA) is 63.4 Å². The first-order valence-corrected chi connectivity index (χ1v) is 8.68. The van der Waals surface area contributed by atoms with Crippen LogP contribution in [0.15, 0.2) is 23.1 Å². The molecule has 0 saturated carbocycles. The summed E-state index contributed by atoms with van der Waals surface area (Å²) in [4.78, 5) is 0.352. The van der Waals surface area contributed by atoms with Gasteiger partial charge >= 0.3 is 0 Å². The van der Waals surface area contributed by atoms with E-state index in [0.717, 1.165) is 12.8 Å². The molecule has 0 spiro atoms. The number of benzene rings is 1. The van der Waals surface area contributed by atoms with Gasteiger partial charge in [0.15, 0.2) is 0 Å². The summed E-state index contributed by atoms with van der Waals surface area (Å²) in [5.74, 6) is 0.441. The molecule has 1 saturated heterocycles. The largest absolute Gasteiger partial charge is 0.389 e. The molecule has 0 bridgehead atoms. The number of hydrogen-bond donors (Lipinski definition) is 1. The van der Waals surface area contributed by atoms with Crippen LogP contribution in [0.1, 0.15) is 25.3 Å². The van der Waals surface area contributed by atoms with Crippen LogP contribution in [0, 0.1) is 5.92 Å². The average molecular weight is 333 g/mol. The van der Waals surface area contributed by atoms with Gasteiger partial charge in [0.25, 0.3) is 0 Å². The Hall–Kier alpha value is -0.690. The Morgan fingerprint density at radius 3 is 2.75 bits per heavy atom. The fourth-order valence-corrected chi connectivity index (χ4v) is 4.49. The highest BCUT2D eigenvalue weighted by molar-refractivity contribution is 7.89. The third-order valence-electron chi connectivity index (χ3n) is 3.67. The lowest BCUT2D eigenvalue weighted by atomic mass is 10.1. The quantitative estimate of drug-likeness (QED) is 0.860.